The van der Waals surface area contributed by atoms with Crippen LogP contribution in [0, 0.1) is 0 Å². The molecule has 31 heavy (non-hydrogen) atoms. The molecule has 0 aliphatic heterocycles. The first kappa shape index (κ1) is 22.2. The summed E-state index contributed by atoms with van der Waals surface area (Å²) >= 11 is 31.7. The number of alkyl halides is 2. The lowest BCUT2D eigenvalue weighted by Gasteiger charge is -2.17. The van der Waals surface area contributed by atoms with Crippen LogP contribution >= 0.6 is 58.0 Å². The zero-order chi connectivity index (χ0) is 22.6. The molecule has 6 nitrogen and oxygen atoms in total. The molecule has 2 unspecified atom stereocenters. The van der Waals surface area contributed by atoms with Crippen LogP contribution in [0.2, 0.25) is 15.1 Å². The smallest absolute Gasteiger partial charge is 0.294 e. The molecule has 11 heteroatoms. The van der Waals surface area contributed by atoms with Crippen LogP contribution < -0.4 is 11.1 Å². The molecule has 1 aliphatic rings. The van der Waals surface area contributed by atoms with E-state index in [1.165, 1.54) is 24.4 Å². The van der Waals surface area contributed by atoms with Crippen molar-refractivity contribution in [1.29, 1.82) is 0 Å². The Balaban J connectivity index is 1.79. The number of carbonyl (C=O) groups excluding carboxylic acids is 2. The second-order valence-electron chi connectivity index (χ2n) is 6.96. The van der Waals surface area contributed by atoms with Gasteiger partial charge in [0.15, 0.2) is 0 Å². The van der Waals surface area contributed by atoms with Gasteiger partial charge in [0.2, 0.25) is 11.7 Å². The summed E-state index contributed by atoms with van der Waals surface area (Å²) in [6.07, 6.45) is 1.33. The average Bonchev–Trinajstić information content (AvgIpc) is 3.00. The van der Waals surface area contributed by atoms with E-state index in [0.29, 0.717) is 21.2 Å². The van der Waals surface area contributed by atoms with E-state index in [9.17, 15) is 9.59 Å². The summed E-state index contributed by atoms with van der Waals surface area (Å²) in [4.78, 5) is 25.1. The molecule has 0 spiro atoms. The van der Waals surface area contributed by atoms with E-state index in [2.05, 4.69) is 10.5 Å². The van der Waals surface area contributed by atoms with Crippen molar-refractivity contribution in [2.24, 2.45) is 5.73 Å². The van der Waals surface area contributed by atoms with Gasteiger partial charge in [0.05, 0.1) is 16.9 Å². The number of benzene rings is 2. The zero-order valence-electron chi connectivity index (χ0n) is 15.3. The molecule has 4 rings (SSSR count). The van der Waals surface area contributed by atoms with Crippen LogP contribution in [0.5, 0.6) is 0 Å². The van der Waals surface area contributed by atoms with Gasteiger partial charge >= 0.3 is 0 Å². The van der Waals surface area contributed by atoms with Gasteiger partial charge in [0, 0.05) is 22.0 Å². The highest BCUT2D eigenvalue weighted by Gasteiger charge is 2.80. The van der Waals surface area contributed by atoms with Crippen LogP contribution in [-0.4, -0.2) is 21.3 Å². The molecule has 1 aromatic heterocycles. The molecule has 1 fully saturated rings. The standard InChI is InChI=1S/C20H12Cl5N3O3/c21-11-5-9(6-12(22)8-11)16-19(18(26)30,20(16,24)25)10-1-2-13(23)14(7-10)28-17(29)15-3-4-27-31-15/h1-8,16H,(H2,26,30)(H,28,29). The number of aromatic nitrogens is 1. The third kappa shape index (κ3) is 3.56. The Morgan fingerprint density at radius 3 is 2.29 bits per heavy atom. The normalized spacial score (nSPS) is 21.5. The van der Waals surface area contributed by atoms with Crippen LogP contribution in [0.1, 0.15) is 27.6 Å². The second-order valence-corrected chi connectivity index (χ2v) is 9.62. The molecule has 3 aromatic rings. The topological polar surface area (TPSA) is 98.2 Å². The minimum Gasteiger partial charge on any atom is -0.369 e. The highest BCUT2D eigenvalue weighted by atomic mass is 35.5. The third-order valence-electron chi connectivity index (χ3n) is 5.18. The SMILES string of the molecule is NC(=O)C1(c2ccc(Cl)c(NC(=O)c3ccno3)c2)C(c2cc(Cl)cc(Cl)c2)C1(Cl)Cl. The predicted octanol–water partition coefficient (Wildman–Crippen LogP) is 5.58. The molecule has 0 radical (unpaired) electrons. The van der Waals surface area contributed by atoms with E-state index >= 15 is 0 Å². The van der Waals surface area contributed by atoms with Gasteiger partial charge in [-0.2, -0.15) is 0 Å². The second kappa shape index (κ2) is 7.87. The quantitative estimate of drug-likeness (QED) is 0.430. The van der Waals surface area contributed by atoms with Gasteiger partial charge in [-0.1, -0.05) is 69.2 Å². The van der Waals surface area contributed by atoms with Gasteiger partial charge in [0.1, 0.15) is 9.75 Å². The first-order chi connectivity index (χ1) is 14.6. The van der Waals surface area contributed by atoms with Crippen LogP contribution in [0.3, 0.4) is 0 Å². The summed E-state index contributed by atoms with van der Waals surface area (Å²) in [5.41, 5.74) is 5.40. The average molecular weight is 520 g/mol. The monoisotopic (exact) mass is 517 g/mol. The number of hydrogen-bond acceptors (Lipinski definition) is 4. The van der Waals surface area contributed by atoms with Crippen molar-refractivity contribution in [3.8, 4) is 0 Å². The van der Waals surface area contributed by atoms with Gasteiger partial charge in [-0.3, -0.25) is 9.59 Å². The highest BCUT2D eigenvalue weighted by molar-refractivity contribution is 6.55. The van der Waals surface area contributed by atoms with E-state index in [1.807, 2.05) is 0 Å². The Bertz CT molecular complexity index is 1180. The molecule has 1 heterocycles. The van der Waals surface area contributed by atoms with E-state index in [4.69, 9.17) is 68.3 Å². The van der Waals surface area contributed by atoms with Crippen molar-refractivity contribution in [2.45, 2.75) is 15.7 Å². The van der Waals surface area contributed by atoms with Crippen molar-refractivity contribution >= 4 is 75.5 Å². The Morgan fingerprint density at radius 2 is 1.71 bits per heavy atom. The van der Waals surface area contributed by atoms with E-state index in [1.54, 1.807) is 24.3 Å². The van der Waals surface area contributed by atoms with Crippen LogP contribution in [0.15, 0.2) is 53.2 Å². The molecule has 1 aliphatic carbocycles. The maximum absolute atomic E-state index is 12.7. The number of nitrogens with two attached hydrogens (primary N) is 1. The molecule has 160 valence electrons. The number of rotatable bonds is 5. The number of hydrogen-bond donors (Lipinski definition) is 2. The molecule has 1 saturated carbocycles. The fourth-order valence-corrected chi connectivity index (χ4v) is 5.60. The number of nitrogens with one attached hydrogen (secondary N) is 1. The summed E-state index contributed by atoms with van der Waals surface area (Å²) < 4.78 is 3.25. The first-order valence-electron chi connectivity index (χ1n) is 8.74. The molecule has 2 aromatic carbocycles. The lowest BCUT2D eigenvalue weighted by molar-refractivity contribution is -0.120. The fraction of sp³-hybridized carbons (Fsp3) is 0.150. The summed E-state index contributed by atoms with van der Waals surface area (Å²) in [5, 5.41) is 7.02. The van der Waals surface area contributed by atoms with Crippen molar-refractivity contribution in [2.75, 3.05) is 5.32 Å². The lowest BCUT2D eigenvalue weighted by Crippen LogP contribution is -2.34. The zero-order valence-corrected chi connectivity index (χ0v) is 19.1. The molecule has 2 amide bonds. The predicted molar refractivity (Wildman–Crippen MR) is 120 cm³/mol. The van der Waals surface area contributed by atoms with Gasteiger partial charge in [0.25, 0.3) is 5.91 Å². The van der Waals surface area contributed by atoms with Gasteiger partial charge in [-0.05, 0) is 41.5 Å². The maximum Gasteiger partial charge on any atom is 0.294 e. The van der Waals surface area contributed by atoms with Gasteiger partial charge in [-0.15, -0.1) is 0 Å². The number of nitrogens with zero attached hydrogens (tertiary/aromatic N) is 1. The van der Waals surface area contributed by atoms with Gasteiger partial charge in [-0.25, -0.2) is 0 Å². The van der Waals surface area contributed by atoms with Crippen LogP contribution in [0.4, 0.5) is 5.69 Å². The van der Waals surface area contributed by atoms with Crippen molar-refractivity contribution < 1.29 is 14.1 Å². The number of carbonyl (C=O) groups is 2. The minimum absolute atomic E-state index is 0.0204. The third-order valence-corrected chi connectivity index (χ3v) is 6.98. The lowest BCUT2D eigenvalue weighted by atomic mass is 9.89. The molecular formula is C20H12Cl5N3O3. The number of halogens is 5. The summed E-state index contributed by atoms with van der Waals surface area (Å²) in [6.45, 7) is 0. The van der Waals surface area contributed by atoms with Gasteiger partial charge < -0.3 is 15.6 Å². The van der Waals surface area contributed by atoms with Crippen molar-refractivity contribution in [1.82, 2.24) is 5.16 Å². The summed E-state index contributed by atoms with van der Waals surface area (Å²) in [7, 11) is 0. The summed E-state index contributed by atoms with van der Waals surface area (Å²) in [6, 6.07) is 10.7. The van der Waals surface area contributed by atoms with Crippen LogP contribution in [-0.2, 0) is 10.2 Å². The maximum atomic E-state index is 12.7. The molecule has 0 bridgehead atoms. The van der Waals surface area contributed by atoms with E-state index in [0.717, 1.165) is 0 Å². The Hall–Kier alpha value is -1.96. The van der Waals surface area contributed by atoms with Crippen molar-refractivity contribution in [3.63, 3.8) is 0 Å². The number of anilines is 1. The largest absolute Gasteiger partial charge is 0.369 e. The first-order valence-corrected chi connectivity index (χ1v) is 10.6. The molecule has 2 atom stereocenters. The molecule has 3 N–H and O–H groups in total. The van der Waals surface area contributed by atoms with Crippen LogP contribution in [0.25, 0.3) is 0 Å². The molecular weight excluding hydrogens is 508 g/mol. The number of primary amides is 1. The highest BCUT2D eigenvalue weighted by Crippen LogP contribution is 2.74. The Kier molecular flexibility index (Phi) is 5.65. The minimum atomic E-state index is -1.59. The van der Waals surface area contributed by atoms with E-state index < -0.39 is 27.5 Å². The number of amides is 2. The fourth-order valence-electron chi connectivity index (χ4n) is 3.80. The van der Waals surface area contributed by atoms with E-state index in [-0.39, 0.29) is 16.5 Å². The summed E-state index contributed by atoms with van der Waals surface area (Å²) in [5.74, 6) is -2.10. The molecule has 0 saturated heterocycles. The van der Waals surface area contributed by atoms with Crippen molar-refractivity contribution in [3.05, 3.63) is 80.6 Å². The Labute approximate surface area is 201 Å². The Morgan fingerprint density at radius 1 is 1.03 bits per heavy atom.